The van der Waals surface area contributed by atoms with Gasteiger partial charge in [0.15, 0.2) is 19.7 Å². The summed E-state index contributed by atoms with van der Waals surface area (Å²) in [5.41, 5.74) is 1.03. The summed E-state index contributed by atoms with van der Waals surface area (Å²) in [5.74, 6) is -0.745. The highest BCUT2D eigenvalue weighted by atomic mass is 32.2. The Morgan fingerprint density at radius 1 is 1.20 bits per heavy atom. The van der Waals surface area contributed by atoms with Crippen LogP contribution in [0.4, 0.5) is 0 Å². The predicted octanol–water partition coefficient (Wildman–Crippen LogP) is 1.70. The molecular weight excluding hydrogens is 300 g/mol. The summed E-state index contributed by atoms with van der Waals surface area (Å²) >= 11 is 0. The lowest BCUT2D eigenvalue weighted by molar-refractivity contribution is 0.233. The third-order valence-corrected chi connectivity index (χ3v) is 8.62. The standard InChI is InChI=1S/C13H24O5S2/c1-4-13(6-5-7-18-10-12(2)3)11-19(14,15)8-9-20(13,16)17/h10H,4-9,11H2,1-3H3. The summed E-state index contributed by atoms with van der Waals surface area (Å²) in [6, 6.07) is 0. The Hall–Kier alpha value is -0.560. The molecule has 0 aromatic rings. The van der Waals surface area contributed by atoms with Gasteiger partial charge in [0, 0.05) is 0 Å². The van der Waals surface area contributed by atoms with Gasteiger partial charge >= 0.3 is 0 Å². The molecule has 1 aliphatic heterocycles. The third kappa shape index (κ3) is 4.22. The predicted molar refractivity (Wildman–Crippen MR) is 80.1 cm³/mol. The van der Waals surface area contributed by atoms with Crippen molar-refractivity contribution in [3.8, 4) is 0 Å². The second-order valence-corrected chi connectivity index (χ2v) is 10.3. The first kappa shape index (κ1) is 17.5. The van der Waals surface area contributed by atoms with Crippen molar-refractivity contribution < 1.29 is 21.6 Å². The summed E-state index contributed by atoms with van der Waals surface area (Å²) in [4.78, 5) is 0. The highest BCUT2D eigenvalue weighted by Gasteiger charge is 2.48. The summed E-state index contributed by atoms with van der Waals surface area (Å²) in [6.45, 7) is 5.97. The first-order chi connectivity index (χ1) is 9.14. The zero-order valence-corrected chi connectivity index (χ0v) is 14.0. The molecule has 0 bridgehead atoms. The molecule has 1 atom stereocenters. The van der Waals surface area contributed by atoms with E-state index in [2.05, 4.69) is 0 Å². The van der Waals surface area contributed by atoms with Crippen molar-refractivity contribution in [2.24, 2.45) is 0 Å². The van der Waals surface area contributed by atoms with E-state index in [-0.39, 0.29) is 17.3 Å². The van der Waals surface area contributed by atoms with E-state index in [1.807, 2.05) is 13.8 Å². The molecule has 20 heavy (non-hydrogen) atoms. The first-order valence-electron chi connectivity index (χ1n) is 6.82. The van der Waals surface area contributed by atoms with Crippen LogP contribution in [0.1, 0.15) is 40.0 Å². The number of sulfone groups is 2. The second kappa shape index (κ2) is 6.47. The van der Waals surface area contributed by atoms with Gasteiger partial charge in [-0.25, -0.2) is 16.8 Å². The van der Waals surface area contributed by atoms with Gasteiger partial charge in [-0.3, -0.25) is 0 Å². The molecule has 0 amide bonds. The minimum Gasteiger partial charge on any atom is -0.501 e. The van der Waals surface area contributed by atoms with Crippen LogP contribution < -0.4 is 0 Å². The topological polar surface area (TPSA) is 77.5 Å². The minimum atomic E-state index is -3.36. The van der Waals surface area contributed by atoms with Crippen molar-refractivity contribution in [1.82, 2.24) is 0 Å². The quantitative estimate of drug-likeness (QED) is 0.549. The molecule has 7 heteroatoms. The molecular formula is C13H24O5S2. The normalized spacial score (nSPS) is 27.8. The zero-order chi connectivity index (χ0) is 15.4. The molecule has 1 rings (SSSR count). The SMILES string of the molecule is CCC1(CCCOC=C(C)C)CS(=O)(=O)CCS1(=O)=O. The van der Waals surface area contributed by atoms with Gasteiger partial charge in [0.1, 0.15) is 0 Å². The van der Waals surface area contributed by atoms with Crippen LogP contribution in [0.2, 0.25) is 0 Å². The fourth-order valence-corrected chi connectivity index (χ4v) is 8.22. The van der Waals surface area contributed by atoms with Gasteiger partial charge in [-0.1, -0.05) is 6.92 Å². The summed E-state index contributed by atoms with van der Waals surface area (Å²) in [7, 11) is -6.62. The lowest BCUT2D eigenvalue weighted by atomic mass is 10.0. The van der Waals surface area contributed by atoms with Crippen LogP contribution in [0.5, 0.6) is 0 Å². The van der Waals surface area contributed by atoms with Gasteiger partial charge in [-0.2, -0.15) is 0 Å². The van der Waals surface area contributed by atoms with Gasteiger partial charge in [-0.15, -0.1) is 0 Å². The van der Waals surface area contributed by atoms with Gasteiger partial charge in [-0.05, 0) is 38.7 Å². The molecule has 118 valence electrons. The Morgan fingerprint density at radius 2 is 1.85 bits per heavy atom. The average Bonchev–Trinajstić information content (AvgIpc) is 2.33. The van der Waals surface area contributed by atoms with Crippen molar-refractivity contribution in [2.45, 2.75) is 44.8 Å². The highest BCUT2D eigenvalue weighted by Crippen LogP contribution is 2.34. The van der Waals surface area contributed by atoms with Crippen molar-refractivity contribution in [3.05, 3.63) is 11.8 Å². The van der Waals surface area contributed by atoms with E-state index in [9.17, 15) is 16.8 Å². The lowest BCUT2D eigenvalue weighted by Gasteiger charge is -2.35. The zero-order valence-electron chi connectivity index (χ0n) is 12.4. The Labute approximate surface area is 122 Å². The Bertz CT molecular complexity index is 556. The molecule has 0 spiro atoms. The van der Waals surface area contributed by atoms with Crippen molar-refractivity contribution >= 4 is 19.7 Å². The lowest BCUT2D eigenvalue weighted by Crippen LogP contribution is -2.51. The molecule has 1 unspecified atom stereocenters. The number of hydrogen-bond donors (Lipinski definition) is 0. The molecule has 0 N–H and O–H groups in total. The molecule has 1 heterocycles. The van der Waals surface area contributed by atoms with Crippen LogP contribution in [0, 0.1) is 0 Å². The highest BCUT2D eigenvalue weighted by molar-refractivity contribution is 7.99. The van der Waals surface area contributed by atoms with Crippen molar-refractivity contribution in [3.63, 3.8) is 0 Å². The van der Waals surface area contributed by atoms with Crippen LogP contribution >= 0.6 is 0 Å². The Balaban J connectivity index is 2.76. The molecule has 1 saturated heterocycles. The van der Waals surface area contributed by atoms with Crippen molar-refractivity contribution in [1.29, 1.82) is 0 Å². The largest absolute Gasteiger partial charge is 0.501 e. The van der Waals surface area contributed by atoms with E-state index >= 15 is 0 Å². The average molecular weight is 324 g/mol. The number of hydrogen-bond acceptors (Lipinski definition) is 5. The van der Waals surface area contributed by atoms with E-state index < -0.39 is 24.4 Å². The number of rotatable bonds is 6. The Kier molecular flexibility index (Phi) is 5.66. The molecule has 0 aromatic heterocycles. The van der Waals surface area contributed by atoms with Crippen molar-refractivity contribution in [2.75, 3.05) is 23.9 Å². The van der Waals surface area contributed by atoms with Crippen LogP contribution in [-0.2, 0) is 24.4 Å². The molecule has 1 aliphatic rings. The third-order valence-electron chi connectivity index (χ3n) is 3.66. The van der Waals surface area contributed by atoms with Gasteiger partial charge in [0.2, 0.25) is 0 Å². The molecule has 0 saturated carbocycles. The Morgan fingerprint density at radius 3 is 2.40 bits per heavy atom. The van der Waals surface area contributed by atoms with E-state index in [4.69, 9.17) is 4.74 Å². The second-order valence-electron chi connectivity index (χ2n) is 5.62. The maximum Gasteiger partial charge on any atom is 0.157 e. The number of ether oxygens (including phenoxy) is 1. The van der Waals surface area contributed by atoms with E-state index in [1.54, 1.807) is 13.2 Å². The molecule has 0 aliphatic carbocycles. The summed E-state index contributed by atoms with van der Waals surface area (Å²) in [6.07, 6.45) is 2.83. The summed E-state index contributed by atoms with van der Waals surface area (Å²) in [5, 5.41) is 0. The van der Waals surface area contributed by atoms with Gasteiger partial charge in [0.25, 0.3) is 0 Å². The monoisotopic (exact) mass is 324 g/mol. The van der Waals surface area contributed by atoms with Crippen LogP contribution in [0.25, 0.3) is 0 Å². The van der Waals surface area contributed by atoms with E-state index in [0.717, 1.165) is 5.57 Å². The smallest absolute Gasteiger partial charge is 0.157 e. The molecule has 1 fully saturated rings. The van der Waals surface area contributed by atoms with E-state index in [1.165, 1.54) is 0 Å². The van der Waals surface area contributed by atoms with E-state index in [0.29, 0.717) is 25.9 Å². The molecule has 5 nitrogen and oxygen atoms in total. The minimum absolute atomic E-state index is 0.245. The van der Waals surface area contributed by atoms with Gasteiger partial charge in [0.05, 0.1) is 34.9 Å². The maximum absolute atomic E-state index is 12.3. The molecule has 0 radical (unpaired) electrons. The van der Waals surface area contributed by atoms with Crippen LogP contribution in [0.3, 0.4) is 0 Å². The van der Waals surface area contributed by atoms with Crippen LogP contribution in [-0.4, -0.2) is 45.4 Å². The van der Waals surface area contributed by atoms with Crippen LogP contribution in [0.15, 0.2) is 11.8 Å². The molecule has 0 aromatic carbocycles. The maximum atomic E-state index is 12.3. The first-order valence-corrected chi connectivity index (χ1v) is 10.3. The fraction of sp³-hybridized carbons (Fsp3) is 0.846. The number of allylic oxidation sites excluding steroid dienone is 1. The summed E-state index contributed by atoms with van der Waals surface area (Å²) < 4.78 is 52.3. The van der Waals surface area contributed by atoms with Gasteiger partial charge < -0.3 is 4.74 Å². The fourth-order valence-electron chi connectivity index (χ4n) is 2.45.